The fraction of sp³-hybridized carbons (Fsp3) is 0.500. The number of hydrogen-bond acceptors (Lipinski definition) is 7. The summed E-state index contributed by atoms with van der Waals surface area (Å²) in [7, 11) is 2.16. The topological polar surface area (TPSA) is 57.2 Å². The Bertz CT molecular complexity index is 955. The fourth-order valence-corrected chi connectivity index (χ4v) is 4.17. The Morgan fingerprint density at radius 2 is 1.90 bits per heavy atom. The molecule has 3 aromatic heterocycles. The molecule has 154 valence electrons. The van der Waals surface area contributed by atoms with Gasteiger partial charge in [-0.05, 0) is 24.6 Å². The molecule has 1 aliphatic heterocycles. The third-order valence-corrected chi connectivity index (χ3v) is 6.25. The van der Waals surface area contributed by atoms with Crippen molar-refractivity contribution in [2.24, 2.45) is 0 Å². The first-order valence-electron chi connectivity index (χ1n) is 10.2. The van der Waals surface area contributed by atoms with Crippen molar-refractivity contribution < 1.29 is 0 Å². The number of hydrogen-bond donors (Lipinski definition) is 1. The van der Waals surface area contributed by atoms with Crippen LogP contribution in [-0.4, -0.2) is 53.1 Å². The second kappa shape index (κ2) is 8.34. The van der Waals surface area contributed by atoms with Crippen molar-refractivity contribution in [2.45, 2.75) is 39.3 Å². The van der Waals surface area contributed by atoms with Crippen LogP contribution in [-0.2, 0) is 18.5 Å². The number of nitrogens with one attached hydrogen (secondary N) is 1. The number of aromatic nitrogens is 3. The zero-order valence-corrected chi connectivity index (χ0v) is 18.6. The van der Waals surface area contributed by atoms with E-state index in [0.29, 0.717) is 6.54 Å². The molecule has 4 rings (SSSR count). The van der Waals surface area contributed by atoms with Gasteiger partial charge < -0.3 is 15.1 Å². The van der Waals surface area contributed by atoms with Gasteiger partial charge in [0.1, 0.15) is 0 Å². The predicted octanol–water partition coefficient (Wildman–Crippen LogP) is 3.43. The Balaban J connectivity index is 1.66. The van der Waals surface area contributed by atoms with E-state index in [2.05, 4.69) is 66.5 Å². The van der Waals surface area contributed by atoms with E-state index in [9.17, 15) is 0 Å². The molecular weight excluding hydrogens is 380 g/mol. The molecule has 1 aliphatic rings. The van der Waals surface area contributed by atoms with E-state index >= 15 is 0 Å². The standard InChI is InChI=1S/C22H30N6S/c1-22(2,3)20-12-17-18(14-23-13-16-6-5-11-29-16)25-21(26-19(17)15-24-20)28-9-7-27(4)8-10-28/h5-6,11-12,15,23H,7-10,13-14H2,1-4H3. The van der Waals surface area contributed by atoms with E-state index in [1.807, 2.05) is 6.20 Å². The average Bonchev–Trinajstić information content (AvgIpc) is 3.21. The summed E-state index contributed by atoms with van der Waals surface area (Å²) in [5, 5.41) is 6.78. The first-order chi connectivity index (χ1) is 13.9. The summed E-state index contributed by atoms with van der Waals surface area (Å²) in [6, 6.07) is 6.42. The van der Waals surface area contributed by atoms with Crippen LogP contribution in [0.5, 0.6) is 0 Å². The maximum Gasteiger partial charge on any atom is 0.226 e. The quantitative estimate of drug-likeness (QED) is 0.696. The van der Waals surface area contributed by atoms with Crippen LogP contribution in [0, 0.1) is 0 Å². The molecule has 4 heterocycles. The molecule has 0 aliphatic carbocycles. The molecule has 0 atom stereocenters. The monoisotopic (exact) mass is 410 g/mol. The van der Waals surface area contributed by atoms with Gasteiger partial charge in [-0.2, -0.15) is 0 Å². The van der Waals surface area contributed by atoms with E-state index in [4.69, 9.17) is 15.0 Å². The number of nitrogens with zero attached hydrogens (tertiary/aromatic N) is 5. The molecule has 0 radical (unpaired) electrons. The van der Waals surface area contributed by atoms with Crippen molar-refractivity contribution in [3.8, 4) is 0 Å². The molecule has 29 heavy (non-hydrogen) atoms. The van der Waals surface area contributed by atoms with Crippen LogP contribution >= 0.6 is 11.3 Å². The Morgan fingerprint density at radius 3 is 2.59 bits per heavy atom. The van der Waals surface area contributed by atoms with Crippen molar-refractivity contribution >= 4 is 28.2 Å². The highest BCUT2D eigenvalue weighted by molar-refractivity contribution is 7.09. The molecular formula is C22H30N6S. The van der Waals surface area contributed by atoms with Crippen molar-refractivity contribution in [2.75, 3.05) is 38.1 Å². The zero-order valence-electron chi connectivity index (χ0n) is 17.8. The first-order valence-corrected chi connectivity index (χ1v) is 11.1. The van der Waals surface area contributed by atoms with E-state index in [1.54, 1.807) is 11.3 Å². The van der Waals surface area contributed by atoms with Crippen LogP contribution in [0.1, 0.15) is 37.0 Å². The summed E-state index contributed by atoms with van der Waals surface area (Å²) in [4.78, 5) is 20.5. The third-order valence-electron chi connectivity index (χ3n) is 5.38. The molecule has 0 unspecified atom stereocenters. The molecule has 1 fully saturated rings. The van der Waals surface area contributed by atoms with E-state index in [-0.39, 0.29) is 5.41 Å². The fourth-order valence-electron chi connectivity index (χ4n) is 3.49. The van der Waals surface area contributed by atoms with Gasteiger partial charge in [-0.15, -0.1) is 11.3 Å². The van der Waals surface area contributed by atoms with E-state index < -0.39 is 0 Å². The molecule has 0 spiro atoms. The molecule has 1 saturated heterocycles. The Hall–Kier alpha value is -2.09. The summed E-state index contributed by atoms with van der Waals surface area (Å²) >= 11 is 1.78. The van der Waals surface area contributed by atoms with E-state index in [1.165, 1.54) is 4.88 Å². The van der Waals surface area contributed by atoms with Crippen LogP contribution in [0.25, 0.3) is 10.9 Å². The lowest BCUT2D eigenvalue weighted by atomic mass is 9.91. The van der Waals surface area contributed by atoms with Gasteiger partial charge in [0, 0.05) is 60.6 Å². The normalized spacial score (nSPS) is 15.9. The van der Waals surface area contributed by atoms with Crippen LogP contribution in [0.15, 0.2) is 29.8 Å². The number of thiophene rings is 1. The summed E-state index contributed by atoms with van der Waals surface area (Å²) < 4.78 is 0. The van der Waals surface area contributed by atoms with Gasteiger partial charge in [0.05, 0.1) is 17.4 Å². The van der Waals surface area contributed by atoms with Gasteiger partial charge in [0.15, 0.2) is 0 Å². The van der Waals surface area contributed by atoms with Gasteiger partial charge in [0.25, 0.3) is 0 Å². The Kier molecular flexibility index (Phi) is 5.81. The van der Waals surface area contributed by atoms with Gasteiger partial charge in [-0.3, -0.25) is 4.98 Å². The summed E-state index contributed by atoms with van der Waals surface area (Å²) in [5.74, 6) is 0.823. The minimum Gasteiger partial charge on any atom is -0.338 e. The summed E-state index contributed by atoms with van der Waals surface area (Å²) in [5.41, 5.74) is 3.04. The number of anilines is 1. The van der Waals surface area contributed by atoms with Gasteiger partial charge >= 0.3 is 0 Å². The van der Waals surface area contributed by atoms with Crippen molar-refractivity contribution in [3.63, 3.8) is 0 Å². The van der Waals surface area contributed by atoms with Crippen LogP contribution < -0.4 is 10.2 Å². The molecule has 6 nitrogen and oxygen atoms in total. The van der Waals surface area contributed by atoms with Crippen molar-refractivity contribution in [1.82, 2.24) is 25.2 Å². The SMILES string of the molecule is CN1CCN(c2nc(CNCc3cccs3)c3cc(C(C)(C)C)ncc3n2)CC1. The molecule has 0 aromatic carbocycles. The van der Waals surface area contributed by atoms with E-state index in [0.717, 1.165) is 61.0 Å². The van der Waals surface area contributed by atoms with Crippen molar-refractivity contribution in [1.29, 1.82) is 0 Å². The highest BCUT2D eigenvalue weighted by atomic mass is 32.1. The first kappa shape index (κ1) is 20.2. The highest BCUT2D eigenvalue weighted by Crippen LogP contribution is 2.26. The van der Waals surface area contributed by atoms with Gasteiger partial charge in [-0.1, -0.05) is 26.8 Å². The zero-order chi connectivity index (χ0) is 20.4. The average molecular weight is 411 g/mol. The maximum atomic E-state index is 5.00. The van der Waals surface area contributed by atoms with Crippen LogP contribution in [0.2, 0.25) is 0 Å². The predicted molar refractivity (Wildman–Crippen MR) is 121 cm³/mol. The molecule has 1 N–H and O–H groups in total. The number of fused-ring (bicyclic) bond motifs is 1. The summed E-state index contributed by atoms with van der Waals surface area (Å²) in [6.45, 7) is 12.1. The van der Waals surface area contributed by atoms with Gasteiger partial charge in [-0.25, -0.2) is 9.97 Å². The lowest BCUT2D eigenvalue weighted by Gasteiger charge is -2.32. The van der Waals surface area contributed by atoms with Crippen molar-refractivity contribution in [3.05, 3.63) is 46.0 Å². The molecule has 0 amide bonds. The second-order valence-electron chi connectivity index (χ2n) is 8.78. The molecule has 0 bridgehead atoms. The lowest BCUT2D eigenvalue weighted by molar-refractivity contribution is 0.311. The maximum absolute atomic E-state index is 5.00. The Labute approximate surface area is 177 Å². The molecule has 3 aromatic rings. The smallest absolute Gasteiger partial charge is 0.226 e. The third kappa shape index (κ3) is 4.74. The van der Waals surface area contributed by atoms with Crippen LogP contribution in [0.4, 0.5) is 5.95 Å². The van der Waals surface area contributed by atoms with Gasteiger partial charge in [0.2, 0.25) is 5.95 Å². The van der Waals surface area contributed by atoms with Crippen LogP contribution in [0.3, 0.4) is 0 Å². The minimum atomic E-state index is -0.00795. The number of pyridine rings is 1. The molecule has 7 heteroatoms. The number of piperazine rings is 1. The largest absolute Gasteiger partial charge is 0.338 e. The number of rotatable bonds is 5. The number of likely N-dealkylation sites (N-methyl/N-ethyl adjacent to an activating group) is 1. The molecule has 0 saturated carbocycles. The lowest BCUT2D eigenvalue weighted by Crippen LogP contribution is -2.45. The summed E-state index contributed by atoms with van der Waals surface area (Å²) in [6.07, 6.45) is 1.92. The highest BCUT2D eigenvalue weighted by Gasteiger charge is 2.21. The Morgan fingerprint density at radius 1 is 1.10 bits per heavy atom. The second-order valence-corrected chi connectivity index (χ2v) is 9.81. The minimum absolute atomic E-state index is 0.00795.